The third kappa shape index (κ3) is 3.41. The molecule has 0 radical (unpaired) electrons. The number of para-hydroxylation sites is 1. The first-order valence-corrected chi connectivity index (χ1v) is 7.74. The van der Waals surface area contributed by atoms with Crippen LogP contribution in [0, 0.1) is 0 Å². The van der Waals surface area contributed by atoms with Gasteiger partial charge in [-0.25, -0.2) is 0 Å². The molecule has 0 amide bonds. The van der Waals surface area contributed by atoms with Crippen LogP contribution in [0.15, 0.2) is 53.3 Å². The molecule has 0 fully saturated rings. The molecule has 0 aliphatic heterocycles. The summed E-state index contributed by atoms with van der Waals surface area (Å²) >= 11 is 0. The van der Waals surface area contributed by atoms with E-state index in [9.17, 15) is 4.79 Å². The molecule has 2 aromatic carbocycles. The van der Waals surface area contributed by atoms with E-state index in [0.717, 1.165) is 16.5 Å². The Labute approximate surface area is 140 Å². The SMILES string of the molecule is COc1ccc(CNCc2cc3ccccc3[nH]c2=O)cc1OC. The minimum absolute atomic E-state index is 0.0616. The molecule has 5 nitrogen and oxygen atoms in total. The van der Waals surface area contributed by atoms with Crippen molar-refractivity contribution in [1.82, 2.24) is 10.3 Å². The predicted molar refractivity (Wildman–Crippen MR) is 94.7 cm³/mol. The molecule has 0 aliphatic carbocycles. The molecule has 3 rings (SSSR count). The first kappa shape index (κ1) is 16.1. The zero-order valence-electron chi connectivity index (χ0n) is 13.8. The van der Waals surface area contributed by atoms with Crippen molar-refractivity contribution < 1.29 is 9.47 Å². The van der Waals surface area contributed by atoms with Crippen LogP contribution in [0.5, 0.6) is 11.5 Å². The molecule has 1 heterocycles. The Morgan fingerprint density at radius 2 is 1.75 bits per heavy atom. The molecule has 0 saturated heterocycles. The van der Waals surface area contributed by atoms with Crippen LogP contribution in [-0.2, 0) is 13.1 Å². The highest BCUT2D eigenvalue weighted by Gasteiger charge is 2.06. The van der Waals surface area contributed by atoms with Gasteiger partial charge in [-0.15, -0.1) is 0 Å². The van der Waals surface area contributed by atoms with Crippen molar-refractivity contribution >= 4 is 10.9 Å². The van der Waals surface area contributed by atoms with Gasteiger partial charge in [0.2, 0.25) is 0 Å². The van der Waals surface area contributed by atoms with E-state index in [1.165, 1.54) is 0 Å². The third-order valence-electron chi connectivity index (χ3n) is 3.92. The molecule has 0 bridgehead atoms. The summed E-state index contributed by atoms with van der Waals surface area (Å²) in [4.78, 5) is 15.0. The van der Waals surface area contributed by atoms with Crippen LogP contribution in [0.3, 0.4) is 0 Å². The zero-order valence-corrected chi connectivity index (χ0v) is 13.8. The van der Waals surface area contributed by atoms with Gasteiger partial charge in [0.05, 0.1) is 14.2 Å². The van der Waals surface area contributed by atoms with Crippen molar-refractivity contribution in [2.24, 2.45) is 0 Å². The van der Waals surface area contributed by atoms with Gasteiger partial charge in [0.25, 0.3) is 5.56 Å². The van der Waals surface area contributed by atoms with E-state index in [-0.39, 0.29) is 5.56 Å². The first-order chi connectivity index (χ1) is 11.7. The molecule has 0 saturated carbocycles. The summed E-state index contributed by atoms with van der Waals surface area (Å²) in [5.41, 5.74) is 2.57. The Bertz CT molecular complexity index is 902. The Morgan fingerprint density at radius 1 is 0.958 bits per heavy atom. The average molecular weight is 324 g/mol. The highest BCUT2D eigenvalue weighted by Crippen LogP contribution is 2.27. The molecule has 5 heteroatoms. The molecule has 0 unspecified atom stereocenters. The van der Waals surface area contributed by atoms with E-state index < -0.39 is 0 Å². The van der Waals surface area contributed by atoms with Crippen LogP contribution in [0.4, 0.5) is 0 Å². The van der Waals surface area contributed by atoms with Crippen LogP contribution in [0.25, 0.3) is 10.9 Å². The van der Waals surface area contributed by atoms with Gasteiger partial charge in [0.15, 0.2) is 11.5 Å². The lowest BCUT2D eigenvalue weighted by Crippen LogP contribution is -2.20. The highest BCUT2D eigenvalue weighted by atomic mass is 16.5. The molecule has 2 N–H and O–H groups in total. The number of hydrogen-bond donors (Lipinski definition) is 2. The molecule has 3 aromatic rings. The van der Waals surface area contributed by atoms with E-state index in [1.807, 2.05) is 48.5 Å². The lowest BCUT2D eigenvalue weighted by atomic mass is 10.1. The highest BCUT2D eigenvalue weighted by molar-refractivity contribution is 5.78. The lowest BCUT2D eigenvalue weighted by Gasteiger charge is -2.10. The van der Waals surface area contributed by atoms with Crippen LogP contribution >= 0.6 is 0 Å². The van der Waals surface area contributed by atoms with Crippen LogP contribution in [0.2, 0.25) is 0 Å². The number of H-pyrrole nitrogens is 1. The normalized spacial score (nSPS) is 10.8. The van der Waals surface area contributed by atoms with Crippen molar-refractivity contribution in [2.75, 3.05) is 14.2 Å². The van der Waals surface area contributed by atoms with Gasteiger partial charge in [0, 0.05) is 24.2 Å². The fraction of sp³-hybridized carbons (Fsp3) is 0.211. The van der Waals surface area contributed by atoms with Crippen molar-refractivity contribution in [2.45, 2.75) is 13.1 Å². The average Bonchev–Trinajstić information content (AvgIpc) is 2.62. The fourth-order valence-electron chi connectivity index (χ4n) is 2.66. The molecule has 0 atom stereocenters. The van der Waals surface area contributed by atoms with Crippen molar-refractivity contribution in [1.29, 1.82) is 0 Å². The monoisotopic (exact) mass is 324 g/mol. The molecular weight excluding hydrogens is 304 g/mol. The summed E-state index contributed by atoms with van der Waals surface area (Å²) in [6.07, 6.45) is 0. The summed E-state index contributed by atoms with van der Waals surface area (Å²) in [6.45, 7) is 1.13. The number of aromatic amines is 1. The number of hydrogen-bond acceptors (Lipinski definition) is 4. The summed E-state index contributed by atoms with van der Waals surface area (Å²) in [6, 6.07) is 15.5. The summed E-state index contributed by atoms with van der Waals surface area (Å²) in [5, 5.41) is 4.32. The first-order valence-electron chi connectivity index (χ1n) is 7.74. The van der Waals surface area contributed by atoms with Crippen molar-refractivity contribution in [3.05, 3.63) is 70.0 Å². The largest absolute Gasteiger partial charge is 0.493 e. The van der Waals surface area contributed by atoms with Crippen molar-refractivity contribution in [3.8, 4) is 11.5 Å². The maximum atomic E-state index is 12.1. The van der Waals surface area contributed by atoms with Gasteiger partial charge in [-0.2, -0.15) is 0 Å². The van der Waals surface area contributed by atoms with Crippen LogP contribution in [-0.4, -0.2) is 19.2 Å². The zero-order chi connectivity index (χ0) is 16.9. The number of aromatic nitrogens is 1. The van der Waals surface area contributed by atoms with E-state index >= 15 is 0 Å². The Balaban J connectivity index is 1.70. The maximum absolute atomic E-state index is 12.1. The molecule has 24 heavy (non-hydrogen) atoms. The van der Waals surface area contributed by atoms with Gasteiger partial charge >= 0.3 is 0 Å². The standard InChI is InChI=1S/C19H20N2O3/c1-23-17-8-7-13(9-18(17)24-2)11-20-12-15-10-14-5-3-4-6-16(14)21-19(15)22/h3-10,20H,11-12H2,1-2H3,(H,21,22). The van der Waals surface area contributed by atoms with E-state index in [0.29, 0.717) is 30.2 Å². The van der Waals surface area contributed by atoms with E-state index in [4.69, 9.17) is 9.47 Å². The summed E-state index contributed by atoms with van der Waals surface area (Å²) in [7, 11) is 3.23. The smallest absolute Gasteiger partial charge is 0.252 e. The van der Waals surface area contributed by atoms with Crippen LogP contribution < -0.4 is 20.3 Å². The number of pyridine rings is 1. The van der Waals surface area contributed by atoms with Gasteiger partial charge in [0.1, 0.15) is 0 Å². The van der Waals surface area contributed by atoms with E-state index in [2.05, 4.69) is 10.3 Å². The number of rotatable bonds is 6. The Kier molecular flexibility index (Phi) is 4.82. The Morgan fingerprint density at radius 3 is 2.54 bits per heavy atom. The third-order valence-corrected chi connectivity index (χ3v) is 3.92. The van der Waals surface area contributed by atoms with Gasteiger partial charge in [-0.05, 0) is 35.2 Å². The molecule has 124 valence electrons. The van der Waals surface area contributed by atoms with E-state index in [1.54, 1.807) is 14.2 Å². The van der Waals surface area contributed by atoms with Crippen LogP contribution in [0.1, 0.15) is 11.1 Å². The summed E-state index contributed by atoms with van der Waals surface area (Å²) < 4.78 is 10.5. The number of benzene rings is 2. The topological polar surface area (TPSA) is 63.3 Å². The minimum Gasteiger partial charge on any atom is -0.493 e. The second kappa shape index (κ2) is 7.19. The van der Waals surface area contributed by atoms with Gasteiger partial charge < -0.3 is 19.8 Å². The maximum Gasteiger partial charge on any atom is 0.252 e. The van der Waals surface area contributed by atoms with Gasteiger partial charge in [-0.1, -0.05) is 24.3 Å². The molecule has 0 aliphatic rings. The lowest BCUT2D eigenvalue weighted by molar-refractivity contribution is 0.354. The minimum atomic E-state index is -0.0616. The Hall–Kier alpha value is -2.79. The quantitative estimate of drug-likeness (QED) is 0.732. The molecular formula is C19H20N2O3. The fourth-order valence-corrected chi connectivity index (χ4v) is 2.66. The number of fused-ring (bicyclic) bond motifs is 1. The predicted octanol–water partition coefficient (Wildman–Crippen LogP) is 2.84. The second-order valence-corrected chi connectivity index (χ2v) is 5.50. The number of ether oxygens (including phenoxy) is 2. The van der Waals surface area contributed by atoms with Crippen molar-refractivity contribution in [3.63, 3.8) is 0 Å². The number of methoxy groups -OCH3 is 2. The second-order valence-electron chi connectivity index (χ2n) is 5.50. The number of nitrogens with one attached hydrogen (secondary N) is 2. The van der Waals surface area contributed by atoms with Gasteiger partial charge in [-0.3, -0.25) is 4.79 Å². The molecule has 1 aromatic heterocycles. The summed E-state index contributed by atoms with van der Waals surface area (Å²) in [5.74, 6) is 1.40. The molecule has 0 spiro atoms.